The highest BCUT2D eigenvalue weighted by atomic mass is 16.5. The van der Waals surface area contributed by atoms with Crippen molar-refractivity contribution in [1.29, 1.82) is 0 Å². The molecular weight excluding hydrogens is 428 g/mol. The van der Waals surface area contributed by atoms with Crippen molar-refractivity contribution >= 4 is 23.2 Å². The molecule has 0 spiro atoms. The summed E-state index contributed by atoms with van der Waals surface area (Å²) >= 11 is 0. The number of hydrogen-bond donors (Lipinski definition) is 2. The second-order valence-electron chi connectivity index (χ2n) is 9.72. The number of piperidine rings is 1. The SMILES string of the molecule is O=C(CC[C@H]1CCCN(c2cc(NC3CC3)ncn2)C1)NCc1ccc(N2CCOCC2)cc1. The summed E-state index contributed by atoms with van der Waals surface area (Å²) in [6, 6.07) is 11.1. The number of aromatic nitrogens is 2. The Morgan fingerprint density at radius 1 is 1.03 bits per heavy atom. The Labute approximate surface area is 202 Å². The van der Waals surface area contributed by atoms with Crippen LogP contribution in [0.3, 0.4) is 0 Å². The van der Waals surface area contributed by atoms with Crippen LogP contribution >= 0.6 is 0 Å². The minimum atomic E-state index is 0.132. The number of rotatable bonds is 9. The molecule has 8 nitrogen and oxygen atoms in total. The summed E-state index contributed by atoms with van der Waals surface area (Å²) in [5.74, 6) is 2.56. The molecule has 1 aliphatic carbocycles. The molecule has 1 atom stereocenters. The molecule has 3 aliphatic rings. The van der Waals surface area contributed by atoms with E-state index in [-0.39, 0.29) is 5.91 Å². The van der Waals surface area contributed by atoms with Crippen molar-refractivity contribution in [3.05, 3.63) is 42.2 Å². The number of anilines is 3. The van der Waals surface area contributed by atoms with Crippen LogP contribution in [-0.2, 0) is 16.1 Å². The summed E-state index contributed by atoms with van der Waals surface area (Å²) < 4.78 is 5.42. The fourth-order valence-corrected chi connectivity index (χ4v) is 4.81. The molecule has 8 heteroatoms. The number of nitrogens with one attached hydrogen (secondary N) is 2. The lowest BCUT2D eigenvalue weighted by Gasteiger charge is -2.33. The van der Waals surface area contributed by atoms with E-state index in [1.165, 1.54) is 24.9 Å². The van der Waals surface area contributed by atoms with Crippen molar-refractivity contribution < 1.29 is 9.53 Å². The van der Waals surface area contributed by atoms with Gasteiger partial charge in [0, 0.05) is 56.9 Å². The number of carbonyl (C=O) groups is 1. The smallest absolute Gasteiger partial charge is 0.220 e. The van der Waals surface area contributed by atoms with Crippen molar-refractivity contribution in [2.45, 2.75) is 51.1 Å². The summed E-state index contributed by atoms with van der Waals surface area (Å²) in [6.45, 7) is 5.99. The number of nitrogens with zero attached hydrogens (tertiary/aromatic N) is 4. The van der Waals surface area contributed by atoms with Crippen LogP contribution in [0.15, 0.2) is 36.7 Å². The van der Waals surface area contributed by atoms with Gasteiger partial charge in [0.15, 0.2) is 0 Å². The summed E-state index contributed by atoms with van der Waals surface area (Å²) in [5, 5.41) is 6.55. The maximum atomic E-state index is 12.5. The Hall–Kier alpha value is -2.87. The molecule has 2 aromatic rings. The van der Waals surface area contributed by atoms with Crippen molar-refractivity contribution in [3.8, 4) is 0 Å². The zero-order valence-corrected chi connectivity index (χ0v) is 19.9. The van der Waals surface area contributed by atoms with Gasteiger partial charge in [-0.05, 0) is 55.7 Å². The maximum Gasteiger partial charge on any atom is 0.220 e. The van der Waals surface area contributed by atoms with Gasteiger partial charge in [-0.3, -0.25) is 4.79 Å². The molecule has 0 bridgehead atoms. The van der Waals surface area contributed by atoms with Crippen molar-refractivity contribution in [2.75, 3.05) is 54.5 Å². The number of benzene rings is 1. The minimum absolute atomic E-state index is 0.132. The lowest BCUT2D eigenvalue weighted by atomic mass is 9.93. The summed E-state index contributed by atoms with van der Waals surface area (Å²) in [5.41, 5.74) is 2.35. The minimum Gasteiger partial charge on any atom is -0.378 e. The van der Waals surface area contributed by atoms with Gasteiger partial charge in [-0.2, -0.15) is 0 Å². The number of hydrogen-bond acceptors (Lipinski definition) is 7. The number of morpholine rings is 1. The lowest BCUT2D eigenvalue weighted by molar-refractivity contribution is -0.121. The third-order valence-corrected chi connectivity index (χ3v) is 7.01. The fraction of sp³-hybridized carbons (Fsp3) is 0.577. The molecule has 34 heavy (non-hydrogen) atoms. The number of amides is 1. The molecule has 182 valence electrons. The molecule has 0 radical (unpaired) electrons. The van der Waals surface area contributed by atoms with Crippen LogP contribution in [0.4, 0.5) is 17.3 Å². The van der Waals surface area contributed by atoms with Crippen LogP contribution in [0.1, 0.15) is 44.1 Å². The second-order valence-corrected chi connectivity index (χ2v) is 9.72. The van der Waals surface area contributed by atoms with Gasteiger partial charge >= 0.3 is 0 Å². The van der Waals surface area contributed by atoms with Gasteiger partial charge in [-0.1, -0.05) is 12.1 Å². The van der Waals surface area contributed by atoms with Gasteiger partial charge in [0.05, 0.1) is 13.2 Å². The first-order valence-electron chi connectivity index (χ1n) is 12.7. The van der Waals surface area contributed by atoms with Crippen LogP contribution in [-0.4, -0.2) is 61.3 Å². The number of carbonyl (C=O) groups excluding carboxylic acids is 1. The van der Waals surface area contributed by atoms with E-state index in [0.717, 1.165) is 69.4 Å². The van der Waals surface area contributed by atoms with Crippen LogP contribution < -0.4 is 20.4 Å². The Bertz CT molecular complexity index is 943. The highest BCUT2D eigenvalue weighted by Crippen LogP contribution is 2.28. The molecule has 2 N–H and O–H groups in total. The molecule has 5 rings (SSSR count). The first kappa shape index (κ1) is 22.9. The third-order valence-electron chi connectivity index (χ3n) is 7.01. The third kappa shape index (κ3) is 6.38. The van der Waals surface area contributed by atoms with E-state index >= 15 is 0 Å². The molecule has 2 aliphatic heterocycles. The maximum absolute atomic E-state index is 12.5. The summed E-state index contributed by atoms with van der Waals surface area (Å²) in [6.07, 6.45) is 7.91. The molecule has 3 heterocycles. The molecule has 3 fully saturated rings. The molecule has 1 amide bonds. The van der Waals surface area contributed by atoms with Crippen LogP contribution in [0.25, 0.3) is 0 Å². The van der Waals surface area contributed by atoms with E-state index in [0.29, 0.717) is 24.9 Å². The van der Waals surface area contributed by atoms with Gasteiger partial charge in [0.2, 0.25) is 5.91 Å². The van der Waals surface area contributed by atoms with Gasteiger partial charge in [-0.25, -0.2) is 9.97 Å². The lowest BCUT2D eigenvalue weighted by Crippen LogP contribution is -2.36. The Balaban J connectivity index is 1.05. The first-order valence-corrected chi connectivity index (χ1v) is 12.7. The van der Waals surface area contributed by atoms with Gasteiger partial charge < -0.3 is 25.2 Å². The molecule has 1 saturated carbocycles. The molecule has 1 aromatic heterocycles. The largest absolute Gasteiger partial charge is 0.378 e. The zero-order chi connectivity index (χ0) is 23.2. The second kappa shape index (κ2) is 11.0. The van der Waals surface area contributed by atoms with Crippen LogP contribution in [0.5, 0.6) is 0 Å². The van der Waals surface area contributed by atoms with E-state index in [9.17, 15) is 4.79 Å². The van der Waals surface area contributed by atoms with E-state index in [2.05, 4.69) is 60.7 Å². The predicted molar refractivity (Wildman–Crippen MR) is 134 cm³/mol. The molecule has 0 unspecified atom stereocenters. The van der Waals surface area contributed by atoms with Crippen LogP contribution in [0, 0.1) is 5.92 Å². The Morgan fingerprint density at radius 3 is 2.65 bits per heavy atom. The van der Waals surface area contributed by atoms with Crippen LogP contribution in [0.2, 0.25) is 0 Å². The highest BCUT2D eigenvalue weighted by Gasteiger charge is 2.24. The quantitative estimate of drug-likeness (QED) is 0.590. The highest BCUT2D eigenvalue weighted by molar-refractivity contribution is 5.75. The molecule has 1 aromatic carbocycles. The monoisotopic (exact) mass is 464 g/mol. The summed E-state index contributed by atoms with van der Waals surface area (Å²) in [4.78, 5) is 26.1. The molecule has 2 saturated heterocycles. The van der Waals surface area contributed by atoms with Crippen molar-refractivity contribution in [1.82, 2.24) is 15.3 Å². The zero-order valence-electron chi connectivity index (χ0n) is 19.9. The van der Waals surface area contributed by atoms with Crippen molar-refractivity contribution in [2.24, 2.45) is 5.92 Å². The number of ether oxygens (including phenoxy) is 1. The predicted octanol–water partition coefficient (Wildman–Crippen LogP) is 3.20. The average molecular weight is 465 g/mol. The fourth-order valence-electron chi connectivity index (χ4n) is 4.81. The van der Waals surface area contributed by atoms with E-state index < -0.39 is 0 Å². The average Bonchev–Trinajstić information content (AvgIpc) is 3.71. The Morgan fingerprint density at radius 2 is 1.85 bits per heavy atom. The summed E-state index contributed by atoms with van der Waals surface area (Å²) in [7, 11) is 0. The van der Waals surface area contributed by atoms with Gasteiger partial charge in [0.1, 0.15) is 18.0 Å². The standard InChI is InChI=1S/C26H36N6O2/c33-26(27-17-20-3-8-23(9-4-20)31-12-14-34-15-13-31)10-5-21-2-1-11-32(18-21)25-16-24(28-19-29-25)30-22-6-7-22/h3-4,8-9,16,19,21-22H,1-2,5-7,10-15,17-18H2,(H,27,33)(H,28,29,30)/t21-/m1/s1. The topological polar surface area (TPSA) is 82.6 Å². The molecular formula is C26H36N6O2. The van der Waals surface area contributed by atoms with Gasteiger partial charge in [-0.15, -0.1) is 0 Å². The van der Waals surface area contributed by atoms with Gasteiger partial charge in [0.25, 0.3) is 0 Å². The first-order chi connectivity index (χ1) is 16.7. The normalized spacial score (nSPS) is 20.8. The van der Waals surface area contributed by atoms with E-state index in [1.807, 2.05) is 0 Å². The Kier molecular flexibility index (Phi) is 7.43. The van der Waals surface area contributed by atoms with E-state index in [4.69, 9.17) is 4.74 Å². The van der Waals surface area contributed by atoms with Crippen molar-refractivity contribution in [3.63, 3.8) is 0 Å². The van der Waals surface area contributed by atoms with E-state index in [1.54, 1.807) is 6.33 Å².